The van der Waals surface area contributed by atoms with Crippen LogP contribution in [-0.2, 0) is 19.0 Å². The molecule has 1 unspecified atom stereocenters. The molecule has 0 bridgehead atoms. The fraction of sp³-hybridized carbons (Fsp3) is 0.600. The predicted octanol–water partition coefficient (Wildman–Crippen LogP) is 2.62. The first-order chi connectivity index (χ1) is 12.8. The lowest BCUT2D eigenvalue weighted by molar-refractivity contribution is -0.188. The van der Waals surface area contributed by atoms with Crippen molar-refractivity contribution in [1.82, 2.24) is 10.2 Å². The van der Waals surface area contributed by atoms with Crippen LogP contribution in [0.2, 0.25) is 0 Å². The molecule has 1 aromatic rings. The Labute approximate surface area is 160 Å². The van der Waals surface area contributed by atoms with E-state index >= 15 is 0 Å². The van der Waals surface area contributed by atoms with Gasteiger partial charge in [0.25, 0.3) is 0 Å². The van der Waals surface area contributed by atoms with E-state index in [2.05, 4.69) is 5.32 Å². The Bertz CT molecular complexity index is 655. The molecule has 0 aromatic heterocycles. The van der Waals surface area contributed by atoms with E-state index in [1.807, 2.05) is 30.3 Å². The number of ether oxygens (including phenoxy) is 3. The quantitative estimate of drug-likeness (QED) is 0.877. The van der Waals surface area contributed by atoms with Gasteiger partial charge in [0.15, 0.2) is 5.79 Å². The number of rotatable bonds is 3. The van der Waals surface area contributed by atoms with Crippen LogP contribution in [0, 0.1) is 0 Å². The molecule has 0 saturated carbocycles. The molecule has 2 saturated heterocycles. The number of carbonyl (C=O) groups is 2. The van der Waals surface area contributed by atoms with Crippen molar-refractivity contribution in [2.45, 2.75) is 51.0 Å². The summed E-state index contributed by atoms with van der Waals surface area (Å²) in [5.74, 6) is -0.697. The molecule has 1 N–H and O–H groups in total. The highest BCUT2D eigenvalue weighted by Crippen LogP contribution is 2.32. The van der Waals surface area contributed by atoms with Gasteiger partial charge in [0.2, 0.25) is 5.91 Å². The summed E-state index contributed by atoms with van der Waals surface area (Å²) in [6.45, 7) is 7.62. The van der Waals surface area contributed by atoms with Gasteiger partial charge in [-0.2, -0.15) is 0 Å². The molecule has 7 nitrogen and oxygen atoms in total. The summed E-state index contributed by atoms with van der Waals surface area (Å²) >= 11 is 0. The summed E-state index contributed by atoms with van der Waals surface area (Å²) in [5.41, 5.74) is 0.0882. The minimum absolute atomic E-state index is 0.153. The molecule has 27 heavy (non-hydrogen) atoms. The molecule has 7 heteroatoms. The first-order valence-electron chi connectivity index (χ1n) is 9.39. The Morgan fingerprint density at radius 2 is 1.70 bits per heavy atom. The minimum atomic E-state index is -0.791. The lowest BCUT2D eigenvalue weighted by Gasteiger charge is -2.39. The van der Waals surface area contributed by atoms with Gasteiger partial charge >= 0.3 is 6.09 Å². The standard InChI is InChI=1S/C20H28N2O5/c1-19(2,3)27-18(24)21-16(15-7-5-4-6-8-15)17(23)22-11-9-20(10-12-22)25-13-14-26-20/h4-8,16H,9-14H2,1-3H3,(H,21,24). The highest BCUT2D eigenvalue weighted by Gasteiger charge is 2.42. The van der Waals surface area contributed by atoms with Gasteiger partial charge in [0.05, 0.1) is 13.2 Å². The summed E-state index contributed by atoms with van der Waals surface area (Å²) in [6.07, 6.45) is 0.653. The Morgan fingerprint density at radius 1 is 1.11 bits per heavy atom. The second-order valence-electron chi connectivity index (χ2n) is 7.92. The second kappa shape index (κ2) is 7.86. The molecule has 0 aliphatic carbocycles. The molecular formula is C20H28N2O5. The van der Waals surface area contributed by atoms with Gasteiger partial charge in [-0.15, -0.1) is 0 Å². The van der Waals surface area contributed by atoms with Crippen LogP contribution in [0.15, 0.2) is 30.3 Å². The summed E-state index contributed by atoms with van der Waals surface area (Å²) in [5, 5.41) is 2.73. The molecular weight excluding hydrogens is 348 g/mol. The molecule has 1 atom stereocenters. The van der Waals surface area contributed by atoms with E-state index < -0.39 is 23.5 Å². The second-order valence-corrected chi connectivity index (χ2v) is 7.92. The van der Waals surface area contributed by atoms with Crippen LogP contribution in [0.4, 0.5) is 4.79 Å². The lowest BCUT2D eigenvalue weighted by atomic mass is 10.0. The maximum Gasteiger partial charge on any atom is 0.408 e. The third-order valence-corrected chi connectivity index (χ3v) is 4.69. The molecule has 2 amide bonds. The number of alkyl carbamates (subject to hydrolysis) is 1. The van der Waals surface area contributed by atoms with Crippen LogP contribution in [0.5, 0.6) is 0 Å². The Kier molecular flexibility index (Phi) is 5.72. The molecule has 0 radical (unpaired) electrons. The number of nitrogens with zero attached hydrogens (tertiary/aromatic N) is 1. The zero-order chi connectivity index (χ0) is 19.5. The number of amides is 2. The van der Waals surface area contributed by atoms with Gasteiger partial charge < -0.3 is 24.4 Å². The molecule has 2 aliphatic rings. The zero-order valence-electron chi connectivity index (χ0n) is 16.2. The summed E-state index contributed by atoms with van der Waals surface area (Å²) in [7, 11) is 0. The van der Waals surface area contributed by atoms with Gasteiger partial charge in [-0.1, -0.05) is 30.3 Å². The average Bonchev–Trinajstić information content (AvgIpc) is 3.07. The lowest BCUT2D eigenvalue weighted by Crippen LogP contribution is -2.51. The molecule has 2 heterocycles. The highest BCUT2D eigenvalue weighted by molar-refractivity contribution is 5.87. The largest absolute Gasteiger partial charge is 0.444 e. The number of hydrogen-bond donors (Lipinski definition) is 1. The topological polar surface area (TPSA) is 77.1 Å². The van der Waals surface area contributed by atoms with Gasteiger partial charge in [0, 0.05) is 25.9 Å². The number of piperidine rings is 1. The smallest absolute Gasteiger partial charge is 0.408 e. The summed E-state index contributed by atoms with van der Waals surface area (Å²) in [4.78, 5) is 27.2. The van der Waals surface area contributed by atoms with Gasteiger partial charge in [0.1, 0.15) is 11.6 Å². The van der Waals surface area contributed by atoms with E-state index in [0.717, 1.165) is 5.56 Å². The van der Waals surface area contributed by atoms with Crippen LogP contribution in [0.25, 0.3) is 0 Å². The Hall–Kier alpha value is -2.12. The van der Waals surface area contributed by atoms with Crippen LogP contribution in [0.1, 0.15) is 45.2 Å². The van der Waals surface area contributed by atoms with Gasteiger partial charge in [-0.3, -0.25) is 4.79 Å². The fourth-order valence-corrected chi connectivity index (χ4v) is 3.39. The normalized spacial score (nSPS) is 20.3. The van der Waals surface area contributed by atoms with Crippen molar-refractivity contribution in [2.24, 2.45) is 0 Å². The Morgan fingerprint density at radius 3 is 2.26 bits per heavy atom. The number of nitrogens with one attached hydrogen (secondary N) is 1. The van der Waals surface area contributed by atoms with E-state index in [1.54, 1.807) is 25.7 Å². The van der Waals surface area contributed by atoms with E-state index in [9.17, 15) is 9.59 Å². The molecule has 3 rings (SSSR count). The number of likely N-dealkylation sites (tertiary alicyclic amines) is 1. The van der Waals surface area contributed by atoms with Crippen molar-refractivity contribution in [3.63, 3.8) is 0 Å². The SMILES string of the molecule is CC(C)(C)OC(=O)NC(C(=O)N1CCC2(CC1)OCCO2)c1ccccc1. The van der Waals surface area contributed by atoms with Crippen LogP contribution < -0.4 is 5.32 Å². The van der Waals surface area contributed by atoms with E-state index in [4.69, 9.17) is 14.2 Å². The first kappa shape index (κ1) is 19.6. The molecule has 2 aliphatic heterocycles. The van der Waals surface area contributed by atoms with Crippen molar-refractivity contribution in [3.8, 4) is 0 Å². The first-order valence-corrected chi connectivity index (χ1v) is 9.39. The van der Waals surface area contributed by atoms with Crippen molar-refractivity contribution < 1.29 is 23.8 Å². The Balaban J connectivity index is 1.70. The molecule has 2 fully saturated rings. The number of benzene rings is 1. The fourth-order valence-electron chi connectivity index (χ4n) is 3.39. The summed E-state index contributed by atoms with van der Waals surface area (Å²) < 4.78 is 16.8. The van der Waals surface area contributed by atoms with Crippen molar-refractivity contribution in [3.05, 3.63) is 35.9 Å². The van der Waals surface area contributed by atoms with Crippen LogP contribution in [0.3, 0.4) is 0 Å². The van der Waals surface area contributed by atoms with Crippen molar-refractivity contribution >= 4 is 12.0 Å². The average molecular weight is 376 g/mol. The number of hydrogen-bond acceptors (Lipinski definition) is 5. The van der Waals surface area contributed by atoms with Crippen molar-refractivity contribution in [1.29, 1.82) is 0 Å². The van der Waals surface area contributed by atoms with E-state index in [-0.39, 0.29) is 5.91 Å². The third-order valence-electron chi connectivity index (χ3n) is 4.69. The maximum atomic E-state index is 13.2. The maximum absolute atomic E-state index is 13.2. The highest BCUT2D eigenvalue weighted by atomic mass is 16.7. The predicted molar refractivity (Wildman–Crippen MR) is 99.0 cm³/mol. The summed E-state index contributed by atoms with van der Waals surface area (Å²) in [6, 6.07) is 8.43. The molecule has 1 spiro atoms. The molecule has 1 aromatic carbocycles. The van der Waals surface area contributed by atoms with Gasteiger partial charge in [-0.25, -0.2) is 4.79 Å². The van der Waals surface area contributed by atoms with Crippen molar-refractivity contribution in [2.75, 3.05) is 26.3 Å². The van der Waals surface area contributed by atoms with Gasteiger partial charge in [-0.05, 0) is 26.3 Å². The third kappa shape index (κ3) is 4.99. The van der Waals surface area contributed by atoms with E-state index in [0.29, 0.717) is 39.1 Å². The van der Waals surface area contributed by atoms with Crippen LogP contribution in [-0.4, -0.2) is 54.6 Å². The minimum Gasteiger partial charge on any atom is -0.444 e. The van der Waals surface area contributed by atoms with E-state index in [1.165, 1.54) is 0 Å². The van der Waals surface area contributed by atoms with Crippen LogP contribution >= 0.6 is 0 Å². The monoisotopic (exact) mass is 376 g/mol. The number of carbonyl (C=O) groups excluding carboxylic acids is 2. The zero-order valence-corrected chi connectivity index (χ0v) is 16.2. The molecule has 148 valence electrons.